The molecule has 1 aliphatic rings. The van der Waals surface area contributed by atoms with Crippen LogP contribution in [0.3, 0.4) is 0 Å². The van der Waals surface area contributed by atoms with E-state index in [-0.39, 0.29) is 5.91 Å². The highest BCUT2D eigenvalue weighted by atomic mass is 32.1. The number of nitrogens with zero attached hydrogens (tertiary/aromatic N) is 5. The van der Waals surface area contributed by atoms with Gasteiger partial charge in [-0.05, 0) is 48.9 Å². The van der Waals surface area contributed by atoms with Crippen molar-refractivity contribution in [2.75, 3.05) is 38.5 Å². The van der Waals surface area contributed by atoms with Crippen LogP contribution >= 0.6 is 11.5 Å². The number of H-pyrrole nitrogens is 1. The van der Waals surface area contributed by atoms with Crippen LogP contribution in [0, 0.1) is 0 Å². The number of fused-ring (bicyclic) bond motifs is 2. The largest absolute Gasteiger partial charge is 0.337 e. The molecule has 0 unspecified atom stereocenters. The highest BCUT2D eigenvalue weighted by Crippen LogP contribution is 2.29. The Kier molecular flexibility index (Phi) is 4.18. The van der Waals surface area contributed by atoms with Gasteiger partial charge in [0.2, 0.25) is 0 Å². The maximum absolute atomic E-state index is 12.9. The molecule has 1 amide bonds. The maximum atomic E-state index is 12.9. The molecule has 0 bridgehead atoms. The van der Waals surface area contributed by atoms with Crippen molar-refractivity contribution in [3.63, 3.8) is 0 Å². The average Bonchev–Trinajstić information content (AvgIpc) is 3.32. The molecule has 0 saturated carbocycles. The number of benzene rings is 1. The van der Waals surface area contributed by atoms with Gasteiger partial charge in [-0.15, -0.1) is 0 Å². The van der Waals surface area contributed by atoms with Crippen molar-refractivity contribution < 1.29 is 4.79 Å². The molecular formula is C19H19N7OS. The summed E-state index contributed by atoms with van der Waals surface area (Å²) in [6.45, 7) is 3.28. The van der Waals surface area contributed by atoms with Gasteiger partial charge in [0.25, 0.3) is 5.91 Å². The van der Waals surface area contributed by atoms with Gasteiger partial charge in [0.15, 0.2) is 5.82 Å². The van der Waals surface area contributed by atoms with Gasteiger partial charge in [-0.2, -0.15) is 9.47 Å². The molecule has 142 valence electrons. The summed E-state index contributed by atoms with van der Waals surface area (Å²) < 4.78 is 5.42. The molecular weight excluding hydrogens is 374 g/mol. The highest BCUT2D eigenvalue weighted by molar-refractivity contribution is 7.13. The van der Waals surface area contributed by atoms with Crippen molar-refractivity contribution in [2.24, 2.45) is 0 Å². The number of likely N-dealkylation sites (N-methyl/N-ethyl adjacent to an activating group) is 1. The number of pyridine rings is 1. The molecule has 3 aromatic heterocycles. The molecule has 5 rings (SSSR count). The Morgan fingerprint density at radius 3 is 2.93 bits per heavy atom. The van der Waals surface area contributed by atoms with Gasteiger partial charge in [0.1, 0.15) is 11.2 Å². The monoisotopic (exact) mass is 393 g/mol. The van der Waals surface area contributed by atoms with Gasteiger partial charge >= 0.3 is 0 Å². The number of carbonyl (C=O) groups excluding carboxylic acids is 1. The van der Waals surface area contributed by atoms with Gasteiger partial charge in [0.05, 0.1) is 10.2 Å². The molecule has 0 radical (unpaired) electrons. The van der Waals surface area contributed by atoms with Crippen molar-refractivity contribution in [2.45, 2.75) is 0 Å². The minimum Gasteiger partial charge on any atom is -0.337 e. The zero-order valence-corrected chi connectivity index (χ0v) is 16.2. The fourth-order valence-corrected chi connectivity index (χ4v) is 4.21. The molecule has 1 saturated heterocycles. The first-order chi connectivity index (χ1) is 13.7. The molecule has 4 aromatic rings. The van der Waals surface area contributed by atoms with Crippen LogP contribution in [0.2, 0.25) is 0 Å². The van der Waals surface area contributed by atoms with Gasteiger partial charge in [-0.1, -0.05) is 0 Å². The Morgan fingerprint density at radius 1 is 1.21 bits per heavy atom. The normalized spacial score (nSPS) is 15.4. The van der Waals surface area contributed by atoms with Gasteiger partial charge in [-0.25, -0.2) is 0 Å². The Labute approximate surface area is 165 Å². The topological polar surface area (TPSA) is 90.0 Å². The van der Waals surface area contributed by atoms with Crippen molar-refractivity contribution >= 4 is 50.1 Å². The zero-order chi connectivity index (χ0) is 19.1. The molecule has 9 heteroatoms. The first-order valence-electron chi connectivity index (χ1n) is 9.12. The van der Waals surface area contributed by atoms with E-state index < -0.39 is 0 Å². The summed E-state index contributed by atoms with van der Waals surface area (Å²) in [5, 5.41) is 11.5. The number of carbonyl (C=O) groups is 1. The van der Waals surface area contributed by atoms with Crippen LogP contribution in [0.5, 0.6) is 0 Å². The molecule has 0 spiro atoms. The first kappa shape index (κ1) is 17.1. The number of hydrogen-bond acceptors (Lipinski definition) is 7. The van der Waals surface area contributed by atoms with E-state index in [4.69, 9.17) is 0 Å². The van der Waals surface area contributed by atoms with Crippen molar-refractivity contribution in [1.82, 2.24) is 29.4 Å². The van der Waals surface area contributed by atoms with E-state index >= 15 is 0 Å². The highest BCUT2D eigenvalue weighted by Gasteiger charge is 2.24. The Morgan fingerprint density at radius 2 is 2.07 bits per heavy atom. The lowest BCUT2D eigenvalue weighted by Gasteiger charge is -2.32. The van der Waals surface area contributed by atoms with Gasteiger partial charge < -0.3 is 15.1 Å². The number of hydrogen-bond donors (Lipinski definition) is 2. The van der Waals surface area contributed by atoms with Crippen LogP contribution in [0.1, 0.15) is 10.5 Å². The molecule has 1 fully saturated rings. The summed E-state index contributed by atoms with van der Waals surface area (Å²) in [6.07, 6.45) is 1.74. The van der Waals surface area contributed by atoms with Crippen LogP contribution < -0.4 is 5.32 Å². The zero-order valence-electron chi connectivity index (χ0n) is 15.3. The molecule has 0 aliphatic carbocycles. The van der Waals surface area contributed by atoms with E-state index in [0.29, 0.717) is 11.5 Å². The number of anilines is 2. The number of aromatic nitrogens is 4. The summed E-state index contributed by atoms with van der Waals surface area (Å²) >= 11 is 1.35. The van der Waals surface area contributed by atoms with Crippen molar-refractivity contribution in [3.8, 4) is 0 Å². The van der Waals surface area contributed by atoms with Crippen molar-refractivity contribution in [1.29, 1.82) is 0 Å². The van der Waals surface area contributed by atoms with Crippen LogP contribution in [-0.4, -0.2) is 68.5 Å². The second kappa shape index (κ2) is 6.84. The van der Waals surface area contributed by atoms with E-state index in [2.05, 4.69) is 36.8 Å². The maximum Gasteiger partial charge on any atom is 0.274 e. The second-order valence-electron chi connectivity index (χ2n) is 6.93. The number of piperazine rings is 1. The summed E-state index contributed by atoms with van der Waals surface area (Å²) in [7, 11) is 2.08. The third-order valence-electron chi connectivity index (χ3n) is 5.05. The van der Waals surface area contributed by atoms with E-state index in [1.165, 1.54) is 11.5 Å². The minimum atomic E-state index is 0.0163. The number of amides is 1. The lowest BCUT2D eigenvalue weighted by Crippen LogP contribution is -2.47. The predicted octanol–water partition coefficient (Wildman–Crippen LogP) is 2.70. The fraction of sp³-hybridized carbons (Fsp3) is 0.263. The van der Waals surface area contributed by atoms with Crippen LogP contribution in [0.4, 0.5) is 11.5 Å². The molecule has 8 nitrogen and oxygen atoms in total. The van der Waals surface area contributed by atoms with Crippen LogP contribution in [0.15, 0.2) is 36.5 Å². The summed E-state index contributed by atoms with van der Waals surface area (Å²) in [5.74, 6) is 0.691. The first-order valence-corrected chi connectivity index (χ1v) is 9.90. The molecule has 1 aliphatic heterocycles. The van der Waals surface area contributed by atoms with E-state index in [9.17, 15) is 4.79 Å². The molecule has 28 heavy (non-hydrogen) atoms. The van der Waals surface area contributed by atoms with E-state index in [0.717, 1.165) is 53.0 Å². The second-order valence-corrected chi connectivity index (χ2v) is 7.74. The summed E-state index contributed by atoms with van der Waals surface area (Å²) in [5.41, 5.74) is 3.10. The van der Waals surface area contributed by atoms with Crippen LogP contribution in [0.25, 0.3) is 21.1 Å². The number of nitrogens with one attached hydrogen (secondary N) is 2. The van der Waals surface area contributed by atoms with Crippen LogP contribution in [-0.2, 0) is 0 Å². The number of rotatable bonds is 3. The SMILES string of the molecule is CN1CCN(C(=O)c2nsc3cc(Nc4n[nH]c5cccnc45)ccc23)CC1. The van der Waals surface area contributed by atoms with E-state index in [1.54, 1.807) is 6.20 Å². The molecule has 0 atom stereocenters. The fourth-order valence-electron chi connectivity index (χ4n) is 3.41. The lowest BCUT2D eigenvalue weighted by molar-refractivity contribution is 0.0661. The lowest BCUT2D eigenvalue weighted by atomic mass is 10.1. The average molecular weight is 393 g/mol. The smallest absolute Gasteiger partial charge is 0.274 e. The number of aromatic amines is 1. The molecule has 2 N–H and O–H groups in total. The van der Waals surface area contributed by atoms with Crippen molar-refractivity contribution in [3.05, 3.63) is 42.2 Å². The minimum absolute atomic E-state index is 0.0163. The third kappa shape index (κ3) is 2.98. The van der Waals surface area contributed by atoms with Gasteiger partial charge in [-0.3, -0.25) is 14.9 Å². The summed E-state index contributed by atoms with van der Waals surface area (Å²) in [4.78, 5) is 21.4. The predicted molar refractivity (Wildman–Crippen MR) is 110 cm³/mol. The Balaban J connectivity index is 1.41. The Hall–Kier alpha value is -3.04. The van der Waals surface area contributed by atoms with E-state index in [1.807, 2.05) is 35.2 Å². The summed E-state index contributed by atoms with van der Waals surface area (Å²) in [6, 6.07) is 9.70. The molecule has 4 heterocycles. The van der Waals surface area contributed by atoms with Gasteiger partial charge in [0, 0.05) is 43.4 Å². The standard InChI is InChI=1S/C19H19N7OS/c1-25-7-9-26(10-8-25)19(27)16-13-5-4-12(11-15(13)28-24-16)21-18-17-14(22-23-18)3-2-6-20-17/h2-6,11H,7-10H2,1H3,(H2,21,22,23). The quantitative estimate of drug-likeness (QED) is 0.556. The Bertz CT molecular complexity index is 1160. The molecule has 1 aromatic carbocycles. The third-order valence-corrected chi connectivity index (χ3v) is 5.86.